The molecule has 0 amide bonds. The number of nitrogens with zero attached hydrogens (tertiary/aromatic N) is 1. The molecule has 1 aromatic carbocycles. The molecular formula is C12H8ClF3N2. The Kier molecular flexibility index (Phi) is 3.17. The minimum absolute atomic E-state index is 0.301. The quantitative estimate of drug-likeness (QED) is 0.852. The van der Waals surface area contributed by atoms with E-state index in [4.69, 9.17) is 17.3 Å². The number of hydrogen-bond donors (Lipinski definition) is 1. The van der Waals surface area contributed by atoms with Crippen molar-refractivity contribution in [2.45, 2.75) is 6.18 Å². The minimum atomic E-state index is -4.35. The Hall–Kier alpha value is -1.75. The Bertz CT molecular complexity index is 565. The Balaban J connectivity index is 2.41. The van der Waals surface area contributed by atoms with Crippen LogP contribution in [0.2, 0.25) is 5.02 Å². The highest BCUT2D eigenvalue weighted by Crippen LogP contribution is 2.32. The Morgan fingerprint density at radius 2 is 1.72 bits per heavy atom. The molecule has 0 saturated heterocycles. The molecule has 18 heavy (non-hydrogen) atoms. The lowest BCUT2D eigenvalue weighted by Crippen LogP contribution is -2.04. The topological polar surface area (TPSA) is 38.9 Å². The molecular weight excluding hydrogens is 265 g/mol. The molecule has 0 atom stereocenters. The largest absolute Gasteiger partial charge is 0.416 e. The molecule has 94 valence electrons. The van der Waals surface area contributed by atoms with Gasteiger partial charge in [0.15, 0.2) is 0 Å². The summed E-state index contributed by atoms with van der Waals surface area (Å²) in [5, 5.41) is 0.301. The number of nitrogens with two attached hydrogens (primary N) is 1. The summed E-state index contributed by atoms with van der Waals surface area (Å²) in [6.45, 7) is 0. The van der Waals surface area contributed by atoms with Crippen LogP contribution in [0.3, 0.4) is 0 Å². The van der Waals surface area contributed by atoms with Crippen molar-refractivity contribution in [1.82, 2.24) is 4.98 Å². The summed E-state index contributed by atoms with van der Waals surface area (Å²) < 4.78 is 37.2. The molecule has 0 bridgehead atoms. The molecule has 6 heteroatoms. The number of alkyl halides is 3. The summed E-state index contributed by atoms with van der Waals surface area (Å²) in [6.07, 6.45) is -2.95. The first-order chi connectivity index (χ1) is 8.38. The van der Waals surface area contributed by atoms with Crippen molar-refractivity contribution in [1.29, 1.82) is 0 Å². The van der Waals surface area contributed by atoms with E-state index in [9.17, 15) is 13.2 Å². The van der Waals surface area contributed by atoms with Gasteiger partial charge in [0.1, 0.15) is 0 Å². The summed E-state index contributed by atoms with van der Waals surface area (Å²) in [5.74, 6) is 0. The van der Waals surface area contributed by atoms with E-state index in [-0.39, 0.29) is 0 Å². The summed E-state index contributed by atoms with van der Waals surface area (Å²) in [4.78, 5) is 4.00. The van der Waals surface area contributed by atoms with Crippen molar-refractivity contribution in [3.05, 3.63) is 47.1 Å². The second kappa shape index (κ2) is 4.49. The fourth-order valence-corrected chi connectivity index (χ4v) is 1.77. The highest BCUT2D eigenvalue weighted by atomic mass is 35.5. The zero-order valence-electron chi connectivity index (χ0n) is 9.00. The molecule has 2 nitrogen and oxygen atoms in total. The van der Waals surface area contributed by atoms with Crippen molar-refractivity contribution < 1.29 is 13.2 Å². The van der Waals surface area contributed by atoms with Gasteiger partial charge in [-0.3, -0.25) is 4.98 Å². The summed E-state index contributed by atoms with van der Waals surface area (Å²) >= 11 is 5.93. The van der Waals surface area contributed by atoms with Crippen LogP contribution in [-0.4, -0.2) is 4.98 Å². The lowest BCUT2D eigenvalue weighted by atomic mass is 10.1. The lowest BCUT2D eigenvalue weighted by molar-refractivity contribution is -0.137. The van der Waals surface area contributed by atoms with Crippen molar-refractivity contribution >= 4 is 17.3 Å². The predicted molar refractivity (Wildman–Crippen MR) is 64.1 cm³/mol. The van der Waals surface area contributed by atoms with Crippen LogP contribution in [0.5, 0.6) is 0 Å². The van der Waals surface area contributed by atoms with Crippen LogP contribution in [0, 0.1) is 0 Å². The number of hydrogen-bond acceptors (Lipinski definition) is 2. The number of nitrogen functional groups attached to an aromatic ring is 1. The van der Waals surface area contributed by atoms with E-state index >= 15 is 0 Å². The van der Waals surface area contributed by atoms with Gasteiger partial charge in [0.25, 0.3) is 0 Å². The number of aromatic nitrogens is 1. The average Bonchev–Trinajstić information content (AvgIpc) is 2.28. The van der Waals surface area contributed by atoms with Gasteiger partial charge in [-0.1, -0.05) is 23.7 Å². The van der Waals surface area contributed by atoms with E-state index < -0.39 is 11.7 Å². The first kappa shape index (κ1) is 12.7. The molecule has 0 unspecified atom stereocenters. The van der Waals surface area contributed by atoms with Crippen LogP contribution in [0.15, 0.2) is 36.5 Å². The first-order valence-corrected chi connectivity index (χ1v) is 5.34. The van der Waals surface area contributed by atoms with Crippen molar-refractivity contribution in [2.24, 2.45) is 0 Å². The Labute approximate surface area is 106 Å². The zero-order valence-corrected chi connectivity index (χ0v) is 9.76. The highest BCUT2D eigenvalue weighted by Gasteiger charge is 2.30. The third-order valence-corrected chi connectivity index (χ3v) is 2.64. The van der Waals surface area contributed by atoms with Crippen LogP contribution < -0.4 is 5.73 Å². The highest BCUT2D eigenvalue weighted by molar-refractivity contribution is 6.33. The number of pyridine rings is 1. The third kappa shape index (κ3) is 2.56. The van der Waals surface area contributed by atoms with Crippen LogP contribution in [0.1, 0.15) is 5.56 Å². The SMILES string of the molecule is Nc1cnc(-c2ccc(C(F)(F)F)cc2)c(Cl)c1. The first-order valence-electron chi connectivity index (χ1n) is 4.96. The van der Waals surface area contributed by atoms with Gasteiger partial charge in [-0.25, -0.2) is 0 Å². The third-order valence-electron chi connectivity index (χ3n) is 2.35. The molecule has 2 rings (SSSR count). The molecule has 1 heterocycles. The summed E-state index contributed by atoms with van der Waals surface area (Å²) in [7, 11) is 0. The van der Waals surface area contributed by atoms with Gasteiger partial charge in [-0.15, -0.1) is 0 Å². The molecule has 0 radical (unpaired) electrons. The van der Waals surface area contributed by atoms with E-state index in [1.165, 1.54) is 24.4 Å². The normalized spacial score (nSPS) is 11.6. The Morgan fingerprint density at radius 3 is 2.22 bits per heavy atom. The van der Waals surface area contributed by atoms with E-state index in [1.807, 2.05) is 0 Å². The maximum absolute atomic E-state index is 12.4. The molecule has 0 aliphatic rings. The van der Waals surface area contributed by atoms with E-state index in [2.05, 4.69) is 4.98 Å². The van der Waals surface area contributed by atoms with Gasteiger partial charge in [-0.2, -0.15) is 13.2 Å². The van der Waals surface area contributed by atoms with E-state index in [1.54, 1.807) is 0 Å². The maximum atomic E-state index is 12.4. The lowest BCUT2D eigenvalue weighted by Gasteiger charge is -2.08. The van der Waals surface area contributed by atoms with Crippen molar-refractivity contribution in [3.63, 3.8) is 0 Å². The second-order valence-corrected chi connectivity index (χ2v) is 4.08. The molecule has 0 fully saturated rings. The van der Waals surface area contributed by atoms with Crippen LogP contribution >= 0.6 is 11.6 Å². The molecule has 0 aliphatic carbocycles. The molecule has 0 spiro atoms. The standard InChI is InChI=1S/C12H8ClF3N2/c13-10-5-9(17)6-18-11(10)7-1-3-8(4-2-7)12(14,15)16/h1-6H,17H2. The van der Waals surface area contributed by atoms with Crippen LogP contribution in [0.25, 0.3) is 11.3 Å². The predicted octanol–water partition coefficient (Wildman–Crippen LogP) is 4.00. The van der Waals surface area contributed by atoms with Gasteiger partial charge in [0.05, 0.1) is 28.2 Å². The second-order valence-electron chi connectivity index (χ2n) is 3.67. The van der Waals surface area contributed by atoms with E-state index in [0.29, 0.717) is 22.0 Å². The molecule has 0 saturated carbocycles. The summed E-state index contributed by atoms with van der Waals surface area (Å²) in [6, 6.07) is 6.13. The Morgan fingerprint density at radius 1 is 1.11 bits per heavy atom. The van der Waals surface area contributed by atoms with Crippen molar-refractivity contribution in [2.75, 3.05) is 5.73 Å². The zero-order chi connectivity index (χ0) is 13.3. The average molecular weight is 273 g/mol. The van der Waals surface area contributed by atoms with E-state index in [0.717, 1.165) is 12.1 Å². The number of benzene rings is 1. The van der Waals surface area contributed by atoms with Gasteiger partial charge in [0.2, 0.25) is 0 Å². The van der Waals surface area contributed by atoms with Crippen molar-refractivity contribution in [3.8, 4) is 11.3 Å². The molecule has 2 aromatic rings. The van der Waals surface area contributed by atoms with Crippen LogP contribution in [0.4, 0.5) is 18.9 Å². The molecule has 2 N–H and O–H groups in total. The number of anilines is 1. The van der Waals surface area contributed by atoms with Gasteiger partial charge in [-0.05, 0) is 18.2 Å². The fraction of sp³-hybridized carbons (Fsp3) is 0.0833. The van der Waals surface area contributed by atoms with Gasteiger partial charge in [0, 0.05) is 5.56 Å². The maximum Gasteiger partial charge on any atom is 0.416 e. The minimum Gasteiger partial charge on any atom is -0.397 e. The molecule has 1 aromatic heterocycles. The number of rotatable bonds is 1. The number of halogens is 4. The fourth-order valence-electron chi connectivity index (χ4n) is 1.48. The van der Waals surface area contributed by atoms with Gasteiger partial charge >= 0.3 is 6.18 Å². The van der Waals surface area contributed by atoms with Crippen LogP contribution in [-0.2, 0) is 6.18 Å². The monoisotopic (exact) mass is 272 g/mol. The summed E-state index contributed by atoms with van der Waals surface area (Å²) in [5.41, 5.74) is 6.09. The van der Waals surface area contributed by atoms with Gasteiger partial charge < -0.3 is 5.73 Å². The molecule has 0 aliphatic heterocycles. The smallest absolute Gasteiger partial charge is 0.397 e.